The van der Waals surface area contributed by atoms with Crippen molar-refractivity contribution in [2.45, 2.75) is 18.6 Å². The van der Waals surface area contributed by atoms with E-state index in [1.807, 2.05) is 11.8 Å². The summed E-state index contributed by atoms with van der Waals surface area (Å²) >= 11 is 3.67. The van der Waals surface area contributed by atoms with Gasteiger partial charge in [0, 0.05) is 28.8 Å². The van der Waals surface area contributed by atoms with Gasteiger partial charge in [0.1, 0.15) is 0 Å². The molecule has 0 bridgehead atoms. The lowest BCUT2D eigenvalue weighted by Gasteiger charge is -2.03. The van der Waals surface area contributed by atoms with Gasteiger partial charge in [-0.15, -0.1) is 11.3 Å². The van der Waals surface area contributed by atoms with Crippen molar-refractivity contribution in [3.63, 3.8) is 0 Å². The van der Waals surface area contributed by atoms with Crippen LogP contribution in [0.5, 0.6) is 0 Å². The fourth-order valence-electron chi connectivity index (χ4n) is 1.30. The largest absolute Gasteiger partial charge is 0.355 e. The molecule has 1 amide bonds. The molecule has 2 rings (SSSR count). The molecule has 0 radical (unpaired) electrons. The first kappa shape index (κ1) is 11.0. The van der Waals surface area contributed by atoms with Gasteiger partial charge in [-0.05, 0) is 24.3 Å². The zero-order valence-electron chi connectivity index (χ0n) is 8.57. The van der Waals surface area contributed by atoms with Crippen molar-refractivity contribution in [3.8, 4) is 0 Å². The van der Waals surface area contributed by atoms with Crippen LogP contribution < -0.4 is 5.32 Å². The average molecular weight is 241 g/mol. The van der Waals surface area contributed by atoms with Crippen molar-refractivity contribution in [1.82, 2.24) is 5.32 Å². The SMILES string of the molecule is O=C(NCCSCc1cccs1)C1CC1. The highest BCUT2D eigenvalue weighted by molar-refractivity contribution is 7.98. The molecular formula is C11H15NOS2. The quantitative estimate of drug-likeness (QED) is 0.775. The second-order valence-corrected chi connectivity index (χ2v) is 5.83. The van der Waals surface area contributed by atoms with Gasteiger partial charge >= 0.3 is 0 Å². The molecule has 1 fully saturated rings. The van der Waals surface area contributed by atoms with Crippen molar-refractivity contribution in [2.24, 2.45) is 5.92 Å². The molecule has 1 aromatic heterocycles. The molecule has 2 nitrogen and oxygen atoms in total. The number of hydrogen-bond donors (Lipinski definition) is 1. The predicted molar refractivity (Wildman–Crippen MR) is 66.2 cm³/mol. The second kappa shape index (κ2) is 5.56. The molecular weight excluding hydrogens is 226 g/mol. The van der Waals surface area contributed by atoms with Crippen LogP contribution in [-0.4, -0.2) is 18.2 Å². The molecule has 0 aromatic carbocycles. The summed E-state index contributed by atoms with van der Waals surface area (Å²) in [5, 5.41) is 5.07. The van der Waals surface area contributed by atoms with E-state index >= 15 is 0 Å². The van der Waals surface area contributed by atoms with Crippen LogP contribution in [0.1, 0.15) is 17.7 Å². The van der Waals surface area contributed by atoms with E-state index in [2.05, 4.69) is 22.8 Å². The Morgan fingerprint density at radius 1 is 1.60 bits per heavy atom. The van der Waals surface area contributed by atoms with Gasteiger partial charge in [-0.2, -0.15) is 11.8 Å². The number of rotatable bonds is 6. The zero-order valence-corrected chi connectivity index (χ0v) is 10.2. The van der Waals surface area contributed by atoms with Gasteiger partial charge in [0.25, 0.3) is 0 Å². The van der Waals surface area contributed by atoms with Crippen molar-refractivity contribution < 1.29 is 4.79 Å². The Labute approximate surface area is 98.5 Å². The Hall–Kier alpha value is -0.480. The highest BCUT2D eigenvalue weighted by atomic mass is 32.2. The third kappa shape index (κ3) is 3.87. The monoisotopic (exact) mass is 241 g/mol. The summed E-state index contributed by atoms with van der Waals surface area (Å²) < 4.78 is 0. The zero-order chi connectivity index (χ0) is 10.5. The van der Waals surface area contributed by atoms with Crippen molar-refractivity contribution in [1.29, 1.82) is 0 Å². The Kier molecular flexibility index (Phi) is 4.09. The van der Waals surface area contributed by atoms with E-state index in [4.69, 9.17) is 0 Å². The van der Waals surface area contributed by atoms with Crippen LogP contribution in [0.15, 0.2) is 17.5 Å². The number of hydrogen-bond acceptors (Lipinski definition) is 3. The maximum absolute atomic E-state index is 11.3. The number of carbonyl (C=O) groups is 1. The standard InChI is InChI=1S/C11H15NOS2/c13-11(9-3-4-9)12-5-7-14-8-10-2-1-6-15-10/h1-2,6,9H,3-5,7-8H2,(H,12,13). The van der Waals surface area contributed by atoms with E-state index < -0.39 is 0 Å². The van der Waals surface area contributed by atoms with E-state index in [1.165, 1.54) is 4.88 Å². The lowest BCUT2D eigenvalue weighted by Crippen LogP contribution is -2.26. The molecule has 1 aliphatic rings. The fraction of sp³-hybridized carbons (Fsp3) is 0.545. The van der Waals surface area contributed by atoms with Crippen LogP contribution in [0.3, 0.4) is 0 Å². The first-order valence-corrected chi connectivity index (χ1v) is 7.27. The maximum Gasteiger partial charge on any atom is 0.223 e. The van der Waals surface area contributed by atoms with E-state index in [-0.39, 0.29) is 5.91 Å². The summed E-state index contributed by atoms with van der Waals surface area (Å²) in [7, 11) is 0. The minimum Gasteiger partial charge on any atom is -0.355 e. The van der Waals surface area contributed by atoms with Crippen LogP contribution >= 0.6 is 23.1 Å². The summed E-state index contributed by atoms with van der Waals surface area (Å²) in [5.74, 6) is 2.67. The molecule has 4 heteroatoms. The van der Waals surface area contributed by atoms with Crippen LogP contribution in [-0.2, 0) is 10.5 Å². The molecule has 1 saturated carbocycles. The Balaban J connectivity index is 1.50. The van der Waals surface area contributed by atoms with E-state index in [0.29, 0.717) is 5.92 Å². The highest BCUT2D eigenvalue weighted by Gasteiger charge is 2.28. The van der Waals surface area contributed by atoms with Gasteiger partial charge < -0.3 is 5.32 Å². The fourth-order valence-corrected chi connectivity index (χ4v) is 3.00. The average Bonchev–Trinajstić information content (AvgIpc) is 2.97. The highest BCUT2D eigenvalue weighted by Crippen LogP contribution is 2.28. The predicted octanol–water partition coefficient (Wildman–Crippen LogP) is 2.51. The third-order valence-electron chi connectivity index (χ3n) is 2.32. The number of nitrogens with one attached hydrogen (secondary N) is 1. The number of thioether (sulfide) groups is 1. The molecule has 0 atom stereocenters. The van der Waals surface area contributed by atoms with Gasteiger partial charge in [-0.1, -0.05) is 6.07 Å². The van der Waals surface area contributed by atoms with E-state index in [1.54, 1.807) is 11.3 Å². The van der Waals surface area contributed by atoms with Crippen LogP contribution in [0.25, 0.3) is 0 Å². The molecule has 1 aromatic rings. The normalized spacial score (nSPS) is 15.2. The van der Waals surface area contributed by atoms with Crippen molar-refractivity contribution >= 4 is 29.0 Å². The summed E-state index contributed by atoms with van der Waals surface area (Å²) in [6.45, 7) is 0.811. The molecule has 1 aliphatic carbocycles. The van der Waals surface area contributed by atoms with Gasteiger partial charge in [0.2, 0.25) is 5.91 Å². The summed E-state index contributed by atoms with van der Waals surface area (Å²) in [6, 6.07) is 4.23. The van der Waals surface area contributed by atoms with Crippen molar-refractivity contribution in [3.05, 3.63) is 22.4 Å². The summed E-state index contributed by atoms with van der Waals surface area (Å²) in [4.78, 5) is 12.7. The molecule has 0 spiro atoms. The topological polar surface area (TPSA) is 29.1 Å². The van der Waals surface area contributed by atoms with Crippen molar-refractivity contribution in [2.75, 3.05) is 12.3 Å². The van der Waals surface area contributed by atoms with Gasteiger partial charge in [-0.3, -0.25) is 4.79 Å². The Morgan fingerprint density at radius 2 is 2.47 bits per heavy atom. The first-order valence-electron chi connectivity index (χ1n) is 5.24. The second-order valence-electron chi connectivity index (χ2n) is 3.70. The minimum atomic E-state index is 0.256. The van der Waals surface area contributed by atoms with Crippen LogP contribution in [0.4, 0.5) is 0 Å². The van der Waals surface area contributed by atoms with E-state index in [9.17, 15) is 4.79 Å². The number of thiophene rings is 1. The third-order valence-corrected chi connectivity index (χ3v) is 4.39. The lowest BCUT2D eigenvalue weighted by molar-refractivity contribution is -0.122. The number of carbonyl (C=O) groups excluding carboxylic acids is 1. The smallest absolute Gasteiger partial charge is 0.223 e. The number of amides is 1. The van der Waals surface area contributed by atoms with Crippen LogP contribution in [0, 0.1) is 5.92 Å². The maximum atomic E-state index is 11.3. The van der Waals surface area contributed by atoms with Crippen LogP contribution in [0.2, 0.25) is 0 Å². The lowest BCUT2D eigenvalue weighted by atomic mass is 10.4. The molecule has 82 valence electrons. The molecule has 15 heavy (non-hydrogen) atoms. The minimum absolute atomic E-state index is 0.256. The summed E-state index contributed by atoms with van der Waals surface area (Å²) in [6.07, 6.45) is 2.18. The van der Waals surface area contributed by atoms with Gasteiger partial charge in [-0.25, -0.2) is 0 Å². The van der Waals surface area contributed by atoms with Gasteiger partial charge in [0.05, 0.1) is 0 Å². The molecule has 0 saturated heterocycles. The molecule has 0 unspecified atom stereocenters. The van der Waals surface area contributed by atoms with Gasteiger partial charge in [0.15, 0.2) is 0 Å². The summed E-state index contributed by atoms with van der Waals surface area (Å²) in [5.41, 5.74) is 0. The Morgan fingerprint density at radius 3 is 3.13 bits per heavy atom. The molecule has 0 aliphatic heterocycles. The molecule has 1 heterocycles. The Bertz CT molecular complexity index is 306. The first-order chi connectivity index (χ1) is 7.36. The molecule has 1 N–H and O–H groups in total. The van der Waals surface area contributed by atoms with E-state index in [0.717, 1.165) is 30.9 Å².